The van der Waals surface area contributed by atoms with Crippen molar-refractivity contribution in [3.05, 3.63) is 27.7 Å². The Morgan fingerprint density at radius 2 is 1.90 bits per heavy atom. The van der Waals surface area contributed by atoms with Crippen molar-refractivity contribution in [2.75, 3.05) is 23.4 Å². The summed E-state index contributed by atoms with van der Waals surface area (Å²) in [6, 6.07) is 4.93. The van der Waals surface area contributed by atoms with E-state index < -0.39 is 0 Å². The lowest BCUT2D eigenvalue weighted by molar-refractivity contribution is -0.0865. The number of thioether (sulfide) groups is 1. The molecule has 2 heterocycles. The number of halogens is 1. The summed E-state index contributed by atoms with van der Waals surface area (Å²) in [7, 11) is 0. The van der Waals surface area contributed by atoms with Crippen LogP contribution in [0.1, 0.15) is 36.8 Å². The molecule has 2 aliphatic heterocycles. The second-order valence-corrected chi connectivity index (χ2v) is 8.53. The zero-order valence-electron chi connectivity index (χ0n) is 12.9. The molecular formula is C17H24BrNOS. The van der Waals surface area contributed by atoms with Crippen LogP contribution in [0.5, 0.6) is 0 Å². The van der Waals surface area contributed by atoms with E-state index in [0.717, 1.165) is 23.9 Å². The van der Waals surface area contributed by atoms with Gasteiger partial charge in [0, 0.05) is 22.8 Å². The Kier molecular flexibility index (Phi) is 4.87. The highest BCUT2D eigenvalue weighted by Gasteiger charge is 2.38. The smallest absolute Gasteiger partial charge is 0.0717 e. The lowest BCUT2D eigenvalue weighted by Gasteiger charge is -2.44. The van der Waals surface area contributed by atoms with Crippen molar-refractivity contribution >= 4 is 33.4 Å². The van der Waals surface area contributed by atoms with Crippen molar-refractivity contribution in [1.82, 2.24) is 0 Å². The number of nitrogens with one attached hydrogen (secondary N) is 1. The Bertz CT molecular complexity index is 485. The molecule has 1 atom stereocenters. The molecule has 2 saturated heterocycles. The van der Waals surface area contributed by atoms with E-state index in [2.05, 4.69) is 59.0 Å². The van der Waals surface area contributed by atoms with Crippen molar-refractivity contribution in [2.45, 2.75) is 51.2 Å². The van der Waals surface area contributed by atoms with Gasteiger partial charge in [-0.3, -0.25) is 0 Å². The molecule has 2 nitrogen and oxygen atoms in total. The molecule has 3 rings (SSSR count). The molecule has 0 bridgehead atoms. The Hall–Kier alpha value is -0.190. The first-order valence-electron chi connectivity index (χ1n) is 7.83. The minimum absolute atomic E-state index is 0.151. The molecule has 1 N–H and O–H groups in total. The predicted molar refractivity (Wildman–Crippen MR) is 95.5 cm³/mol. The summed E-state index contributed by atoms with van der Waals surface area (Å²) >= 11 is 5.65. The molecule has 0 radical (unpaired) electrons. The minimum atomic E-state index is 0.151. The van der Waals surface area contributed by atoms with Crippen LogP contribution in [-0.2, 0) is 4.74 Å². The van der Waals surface area contributed by atoms with Gasteiger partial charge in [-0.15, -0.1) is 0 Å². The Labute approximate surface area is 140 Å². The van der Waals surface area contributed by atoms with Crippen LogP contribution < -0.4 is 5.32 Å². The van der Waals surface area contributed by atoms with Gasteiger partial charge >= 0.3 is 0 Å². The van der Waals surface area contributed by atoms with Gasteiger partial charge in [0.05, 0.1) is 5.60 Å². The maximum Gasteiger partial charge on any atom is 0.0717 e. The maximum atomic E-state index is 6.19. The van der Waals surface area contributed by atoms with Crippen LogP contribution in [0, 0.1) is 13.8 Å². The molecule has 4 heteroatoms. The first-order chi connectivity index (χ1) is 10.1. The second-order valence-electron chi connectivity index (χ2n) is 6.39. The summed E-state index contributed by atoms with van der Waals surface area (Å²) in [4.78, 5) is 0. The van der Waals surface area contributed by atoms with Gasteiger partial charge in [-0.1, -0.05) is 15.9 Å². The Balaban J connectivity index is 1.73. The van der Waals surface area contributed by atoms with Gasteiger partial charge in [0.2, 0.25) is 0 Å². The summed E-state index contributed by atoms with van der Waals surface area (Å²) in [5.41, 5.74) is 4.10. The molecule has 116 valence electrons. The van der Waals surface area contributed by atoms with Gasteiger partial charge in [0.15, 0.2) is 0 Å². The first kappa shape index (κ1) is 15.7. The third-order valence-corrected chi connectivity index (χ3v) is 6.19. The standard InChI is InChI=1S/C17H24BrNOS/c1-12-9-14(18)10-13(2)16(12)19-15-3-6-20-17(11-15)4-7-21-8-5-17/h9-10,15,19H,3-8,11H2,1-2H3. The van der Waals surface area contributed by atoms with Gasteiger partial charge in [-0.2, -0.15) is 11.8 Å². The van der Waals surface area contributed by atoms with Crippen molar-refractivity contribution in [3.63, 3.8) is 0 Å². The predicted octanol–water partition coefficient (Wildman–Crippen LogP) is 4.92. The highest BCUT2D eigenvalue weighted by molar-refractivity contribution is 9.10. The molecule has 1 unspecified atom stereocenters. The Morgan fingerprint density at radius 1 is 1.24 bits per heavy atom. The molecule has 0 amide bonds. The van der Waals surface area contributed by atoms with Crippen molar-refractivity contribution in [2.24, 2.45) is 0 Å². The van der Waals surface area contributed by atoms with Gasteiger partial charge in [0.1, 0.15) is 0 Å². The first-order valence-corrected chi connectivity index (χ1v) is 9.78. The summed E-state index contributed by atoms with van der Waals surface area (Å²) in [5, 5.41) is 3.81. The van der Waals surface area contributed by atoms with Crippen LogP contribution >= 0.6 is 27.7 Å². The lowest BCUT2D eigenvalue weighted by Crippen LogP contribution is -2.46. The third kappa shape index (κ3) is 3.59. The lowest BCUT2D eigenvalue weighted by atomic mass is 9.85. The summed E-state index contributed by atoms with van der Waals surface area (Å²) in [5.74, 6) is 2.51. The fourth-order valence-electron chi connectivity index (χ4n) is 3.59. The number of aryl methyl sites for hydroxylation is 2. The average Bonchev–Trinajstić information content (AvgIpc) is 2.44. The van der Waals surface area contributed by atoms with E-state index in [9.17, 15) is 0 Å². The third-order valence-electron chi connectivity index (χ3n) is 4.74. The normalized spacial score (nSPS) is 25.0. The molecule has 2 fully saturated rings. The number of benzene rings is 1. The number of hydrogen-bond donors (Lipinski definition) is 1. The molecule has 0 aromatic heterocycles. The van der Waals surface area contributed by atoms with Crippen LogP contribution in [-0.4, -0.2) is 29.8 Å². The van der Waals surface area contributed by atoms with E-state index in [-0.39, 0.29) is 5.60 Å². The molecule has 1 spiro atoms. The minimum Gasteiger partial charge on any atom is -0.382 e. The zero-order chi connectivity index (χ0) is 14.9. The van der Waals surface area contributed by atoms with Crippen molar-refractivity contribution < 1.29 is 4.74 Å². The number of anilines is 1. The van der Waals surface area contributed by atoms with Crippen LogP contribution in [0.15, 0.2) is 16.6 Å². The van der Waals surface area contributed by atoms with E-state index in [0.29, 0.717) is 6.04 Å². The molecule has 21 heavy (non-hydrogen) atoms. The maximum absolute atomic E-state index is 6.19. The van der Waals surface area contributed by atoms with Crippen LogP contribution in [0.2, 0.25) is 0 Å². The highest BCUT2D eigenvalue weighted by atomic mass is 79.9. The number of rotatable bonds is 2. The summed E-state index contributed by atoms with van der Waals surface area (Å²) < 4.78 is 7.36. The van der Waals surface area contributed by atoms with Crippen LogP contribution in [0.3, 0.4) is 0 Å². The molecular weight excluding hydrogens is 346 g/mol. The quantitative estimate of drug-likeness (QED) is 0.798. The SMILES string of the molecule is Cc1cc(Br)cc(C)c1NC1CCOC2(CCSCC2)C1. The summed E-state index contributed by atoms with van der Waals surface area (Å²) in [6.45, 7) is 5.27. The van der Waals surface area contributed by atoms with Gasteiger partial charge in [-0.05, 0) is 74.3 Å². The van der Waals surface area contributed by atoms with Crippen molar-refractivity contribution in [1.29, 1.82) is 0 Å². The van der Waals surface area contributed by atoms with Gasteiger partial charge in [-0.25, -0.2) is 0 Å². The van der Waals surface area contributed by atoms with E-state index in [1.807, 2.05) is 0 Å². The van der Waals surface area contributed by atoms with Crippen molar-refractivity contribution in [3.8, 4) is 0 Å². The monoisotopic (exact) mass is 369 g/mol. The molecule has 0 saturated carbocycles. The number of ether oxygens (including phenoxy) is 1. The average molecular weight is 370 g/mol. The van der Waals surface area contributed by atoms with Crippen LogP contribution in [0.4, 0.5) is 5.69 Å². The molecule has 2 aliphatic rings. The number of hydrogen-bond acceptors (Lipinski definition) is 3. The molecule has 1 aromatic rings. The second kappa shape index (κ2) is 6.51. The van der Waals surface area contributed by atoms with E-state index in [4.69, 9.17) is 4.74 Å². The van der Waals surface area contributed by atoms with E-state index in [1.54, 1.807) is 0 Å². The van der Waals surface area contributed by atoms with E-state index in [1.165, 1.54) is 41.2 Å². The van der Waals surface area contributed by atoms with Gasteiger partial charge in [0.25, 0.3) is 0 Å². The fourth-order valence-corrected chi connectivity index (χ4v) is 5.51. The molecule has 0 aliphatic carbocycles. The highest BCUT2D eigenvalue weighted by Crippen LogP contribution is 2.39. The Morgan fingerprint density at radius 3 is 2.57 bits per heavy atom. The van der Waals surface area contributed by atoms with Gasteiger partial charge < -0.3 is 10.1 Å². The topological polar surface area (TPSA) is 21.3 Å². The van der Waals surface area contributed by atoms with Crippen LogP contribution in [0.25, 0.3) is 0 Å². The largest absolute Gasteiger partial charge is 0.382 e. The zero-order valence-corrected chi connectivity index (χ0v) is 15.3. The van der Waals surface area contributed by atoms with E-state index >= 15 is 0 Å². The fraction of sp³-hybridized carbons (Fsp3) is 0.647. The summed E-state index contributed by atoms with van der Waals surface area (Å²) in [6.07, 6.45) is 4.70. The molecule has 1 aromatic carbocycles.